The van der Waals surface area contributed by atoms with Crippen LogP contribution in [0.4, 0.5) is 5.13 Å². The first-order valence-electron chi connectivity index (χ1n) is 6.87. The zero-order valence-electron chi connectivity index (χ0n) is 12.3. The van der Waals surface area contributed by atoms with Gasteiger partial charge in [-0.3, -0.25) is 10.1 Å². The Morgan fingerprint density at radius 1 is 1.45 bits per heavy atom. The number of ether oxygens (including phenoxy) is 2. The van der Waals surface area contributed by atoms with Crippen LogP contribution in [0, 0.1) is 6.92 Å². The molecule has 2 heterocycles. The average Bonchev–Trinajstić information content (AvgIpc) is 2.92. The lowest BCUT2D eigenvalue weighted by Crippen LogP contribution is -2.21. The summed E-state index contributed by atoms with van der Waals surface area (Å²) in [5, 5.41) is 11.8. The fourth-order valence-electron chi connectivity index (χ4n) is 2.07. The highest BCUT2D eigenvalue weighted by molar-refractivity contribution is 7.15. The van der Waals surface area contributed by atoms with Gasteiger partial charge in [0.1, 0.15) is 23.1 Å². The second-order valence-electron chi connectivity index (χ2n) is 4.67. The number of aryl methyl sites for hydroxylation is 1. The van der Waals surface area contributed by atoms with E-state index < -0.39 is 0 Å². The molecule has 1 aromatic carbocycles. The topological polar surface area (TPSA) is 73.3 Å². The van der Waals surface area contributed by atoms with Crippen molar-refractivity contribution >= 4 is 28.5 Å². The van der Waals surface area contributed by atoms with E-state index in [0.717, 1.165) is 22.1 Å². The molecule has 3 rings (SSSR count). The van der Waals surface area contributed by atoms with Gasteiger partial charge in [0.15, 0.2) is 0 Å². The van der Waals surface area contributed by atoms with Crippen molar-refractivity contribution < 1.29 is 14.3 Å². The first-order chi connectivity index (χ1) is 10.7. The Balaban J connectivity index is 1.80. The van der Waals surface area contributed by atoms with Crippen molar-refractivity contribution in [2.45, 2.75) is 13.8 Å². The number of hydrogen-bond donors (Lipinski definition) is 1. The molecule has 0 unspecified atom stereocenters. The molecule has 22 heavy (non-hydrogen) atoms. The highest BCUT2D eigenvalue weighted by atomic mass is 32.1. The van der Waals surface area contributed by atoms with Crippen LogP contribution in [-0.4, -0.2) is 29.3 Å². The van der Waals surface area contributed by atoms with Crippen molar-refractivity contribution in [2.75, 3.05) is 18.5 Å². The largest absolute Gasteiger partial charge is 0.494 e. The zero-order valence-corrected chi connectivity index (χ0v) is 13.1. The SMILES string of the molecule is CCOc1ccc2c(c1)C=C(C(=O)Nc1nnc(C)s1)CO2. The Bertz CT molecular complexity index is 739. The van der Waals surface area contributed by atoms with E-state index in [-0.39, 0.29) is 12.5 Å². The molecule has 0 saturated carbocycles. The quantitative estimate of drug-likeness (QED) is 0.938. The summed E-state index contributed by atoms with van der Waals surface area (Å²) in [6.07, 6.45) is 1.81. The number of hydrogen-bond acceptors (Lipinski definition) is 6. The smallest absolute Gasteiger partial charge is 0.256 e. The van der Waals surface area contributed by atoms with Gasteiger partial charge in [-0.05, 0) is 38.1 Å². The zero-order chi connectivity index (χ0) is 15.5. The third-order valence-corrected chi connectivity index (χ3v) is 3.80. The fourth-order valence-corrected chi connectivity index (χ4v) is 2.65. The molecule has 0 saturated heterocycles. The van der Waals surface area contributed by atoms with Gasteiger partial charge in [-0.1, -0.05) is 11.3 Å². The lowest BCUT2D eigenvalue weighted by Gasteiger charge is -2.18. The molecule has 1 amide bonds. The number of rotatable bonds is 4. The van der Waals surface area contributed by atoms with Crippen molar-refractivity contribution in [1.29, 1.82) is 0 Å². The molecule has 1 N–H and O–H groups in total. The maximum absolute atomic E-state index is 12.2. The van der Waals surface area contributed by atoms with Gasteiger partial charge >= 0.3 is 0 Å². The first-order valence-corrected chi connectivity index (χ1v) is 7.69. The van der Waals surface area contributed by atoms with E-state index in [2.05, 4.69) is 15.5 Å². The van der Waals surface area contributed by atoms with Gasteiger partial charge in [-0.15, -0.1) is 10.2 Å². The van der Waals surface area contributed by atoms with Crippen LogP contribution in [0.15, 0.2) is 23.8 Å². The molecule has 0 bridgehead atoms. The molecule has 2 aromatic rings. The van der Waals surface area contributed by atoms with E-state index in [9.17, 15) is 4.79 Å². The van der Waals surface area contributed by atoms with E-state index in [1.165, 1.54) is 11.3 Å². The van der Waals surface area contributed by atoms with E-state index in [1.54, 1.807) is 0 Å². The second kappa shape index (κ2) is 6.15. The summed E-state index contributed by atoms with van der Waals surface area (Å²) in [4.78, 5) is 12.2. The number of carbonyl (C=O) groups excluding carboxylic acids is 1. The Morgan fingerprint density at radius 3 is 3.05 bits per heavy atom. The van der Waals surface area contributed by atoms with Crippen LogP contribution in [0.5, 0.6) is 11.5 Å². The van der Waals surface area contributed by atoms with Gasteiger partial charge in [0.2, 0.25) is 5.13 Å². The Hall–Kier alpha value is -2.41. The lowest BCUT2D eigenvalue weighted by atomic mass is 10.1. The average molecular weight is 317 g/mol. The number of aromatic nitrogens is 2. The third-order valence-electron chi connectivity index (χ3n) is 3.04. The van der Waals surface area contributed by atoms with Crippen LogP contribution in [0.25, 0.3) is 6.08 Å². The number of nitrogens with zero attached hydrogens (tertiary/aromatic N) is 2. The summed E-state index contributed by atoms with van der Waals surface area (Å²) < 4.78 is 11.1. The molecule has 1 aromatic heterocycles. The standard InChI is InChI=1S/C15H15N3O3S/c1-3-20-12-4-5-13-10(7-12)6-11(8-21-13)14(19)16-15-18-17-9(2)22-15/h4-7H,3,8H2,1-2H3,(H,16,18,19). The molecule has 7 heteroatoms. The molecule has 114 valence electrons. The minimum absolute atomic E-state index is 0.227. The maximum Gasteiger partial charge on any atom is 0.256 e. The van der Waals surface area contributed by atoms with Crippen LogP contribution < -0.4 is 14.8 Å². The van der Waals surface area contributed by atoms with Gasteiger partial charge in [-0.2, -0.15) is 0 Å². The molecule has 0 spiro atoms. The number of fused-ring (bicyclic) bond motifs is 1. The van der Waals surface area contributed by atoms with Crippen molar-refractivity contribution in [1.82, 2.24) is 10.2 Å². The molecule has 0 atom stereocenters. The van der Waals surface area contributed by atoms with Crippen molar-refractivity contribution in [3.63, 3.8) is 0 Å². The number of amides is 1. The van der Waals surface area contributed by atoms with Gasteiger partial charge in [0.25, 0.3) is 5.91 Å². The van der Waals surface area contributed by atoms with Gasteiger partial charge < -0.3 is 9.47 Å². The number of nitrogens with one attached hydrogen (secondary N) is 1. The summed E-state index contributed by atoms with van der Waals surface area (Å²) in [7, 11) is 0. The molecular formula is C15H15N3O3S. The van der Waals surface area contributed by atoms with E-state index >= 15 is 0 Å². The summed E-state index contributed by atoms with van der Waals surface area (Å²) in [5.74, 6) is 1.26. The van der Waals surface area contributed by atoms with E-state index in [0.29, 0.717) is 17.3 Å². The first kappa shape index (κ1) is 14.5. The number of anilines is 1. The normalized spacial score (nSPS) is 12.9. The van der Waals surface area contributed by atoms with Gasteiger partial charge in [0, 0.05) is 5.56 Å². The monoisotopic (exact) mass is 317 g/mol. The predicted octanol–water partition coefficient (Wildman–Crippen LogP) is 2.66. The molecule has 6 nitrogen and oxygen atoms in total. The van der Waals surface area contributed by atoms with E-state index in [4.69, 9.17) is 9.47 Å². The Morgan fingerprint density at radius 2 is 2.32 bits per heavy atom. The van der Waals surface area contributed by atoms with Crippen LogP contribution in [0.2, 0.25) is 0 Å². The number of benzene rings is 1. The van der Waals surface area contributed by atoms with Crippen LogP contribution in [0.1, 0.15) is 17.5 Å². The molecule has 0 radical (unpaired) electrons. The number of carbonyl (C=O) groups is 1. The molecule has 0 aliphatic carbocycles. The molecular weight excluding hydrogens is 302 g/mol. The van der Waals surface area contributed by atoms with E-state index in [1.807, 2.05) is 38.1 Å². The summed E-state index contributed by atoms with van der Waals surface area (Å²) >= 11 is 1.33. The van der Waals surface area contributed by atoms with Gasteiger partial charge in [-0.25, -0.2) is 0 Å². The molecule has 1 aliphatic heterocycles. The minimum Gasteiger partial charge on any atom is -0.494 e. The summed E-state index contributed by atoms with van der Waals surface area (Å²) in [5.41, 5.74) is 1.37. The predicted molar refractivity (Wildman–Crippen MR) is 84.4 cm³/mol. The minimum atomic E-state index is -0.233. The fraction of sp³-hybridized carbons (Fsp3) is 0.267. The highest BCUT2D eigenvalue weighted by Gasteiger charge is 2.19. The third kappa shape index (κ3) is 3.09. The summed E-state index contributed by atoms with van der Waals surface area (Å²) in [6.45, 7) is 4.58. The second-order valence-corrected chi connectivity index (χ2v) is 5.85. The Labute approximate surface area is 131 Å². The lowest BCUT2D eigenvalue weighted by molar-refractivity contribution is -0.113. The molecule has 1 aliphatic rings. The van der Waals surface area contributed by atoms with Crippen molar-refractivity contribution in [2.24, 2.45) is 0 Å². The summed E-state index contributed by atoms with van der Waals surface area (Å²) in [6, 6.07) is 5.56. The Kier molecular flexibility index (Phi) is 4.06. The molecule has 0 fully saturated rings. The van der Waals surface area contributed by atoms with Crippen molar-refractivity contribution in [3.05, 3.63) is 34.3 Å². The maximum atomic E-state index is 12.2. The van der Waals surface area contributed by atoms with Crippen LogP contribution in [-0.2, 0) is 4.79 Å². The van der Waals surface area contributed by atoms with Crippen LogP contribution in [0.3, 0.4) is 0 Å². The van der Waals surface area contributed by atoms with Gasteiger partial charge in [0.05, 0.1) is 12.2 Å². The highest BCUT2D eigenvalue weighted by Crippen LogP contribution is 2.30. The van der Waals surface area contributed by atoms with Crippen LogP contribution >= 0.6 is 11.3 Å². The van der Waals surface area contributed by atoms with Crippen molar-refractivity contribution in [3.8, 4) is 11.5 Å².